The van der Waals surface area contributed by atoms with Gasteiger partial charge in [0.2, 0.25) is 0 Å². The van der Waals surface area contributed by atoms with E-state index >= 15 is 0 Å². The van der Waals surface area contributed by atoms with Crippen LogP contribution in [0.15, 0.2) is 40.9 Å². The molecule has 0 heterocycles. The summed E-state index contributed by atoms with van der Waals surface area (Å²) in [7, 11) is 0. The number of fused-ring (bicyclic) bond motifs is 1. The molecule has 1 nitrogen and oxygen atoms in total. The van der Waals surface area contributed by atoms with Crippen molar-refractivity contribution in [3.8, 4) is 0 Å². The third-order valence-corrected chi connectivity index (χ3v) is 4.77. The number of halogens is 3. The van der Waals surface area contributed by atoms with E-state index in [1.807, 2.05) is 12.1 Å². The van der Waals surface area contributed by atoms with Gasteiger partial charge in [-0.1, -0.05) is 30.3 Å². The first-order chi connectivity index (χ1) is 9.58. The summed E-state index contributed by atoms with van der Waals surface area (Å²) in [5.74, 6) is -1.32. The first-order valence-corrected chi connectivity index (χ1v) is 7.34. The molecule has 3 rings (SSSR count). The topological polar surface area (TPSA) is 26.0 Å². The molecule has 0 spiro atoms. The largest absolute Gasteiger partial charge is 0.324 e. The summed E-state index contributed by atoms with van der Waals surface area (Å²) in [6.07, 6.45) is 1.74. The van der Waals surface area contributed by atoms with Crippen LogP contribution in [0, 0.1) is 11.6 Å². The van der Waals surface area contributed by atoms with Gasteiger partial charge >= 0.3 is 0 Å². The molecule has 0 amide bonds. The van der Waals surface area contributed by atoms with E-state index in [9.17, 15) is 8.78 Å². The second-order valence-electron chi connectivity index (χ2n) is 5.21. The van der Waals surface area contributed by atoms with Gasteiger partial charge in [0.05, 0.1) is 4.47 Å². The van der Waals surface area contributed by atoms with Crippen LogP contribution in [0.3, 0.4) is 0 Å². The van der Waals surface area contributed by atoms with Gasteiger partial charge in [-0.15, -0.1) is 0 Å². The Morgan fingerprint density at radius 1 is 1.20 bits per heavy atom. The van der Waals surface area contributed by atoms with Gasteiger partial charge in [-0.2, -0.15) is 0 Å². The average molecular weight is 338 g/mol. The Hall–Kier alpha value is -1.26. The van der Waals surface area contributed by atoms with Crippen LogP contribution in [-0.2, 0) is 6.42 Å². The first kappa shape index (κ1) is 13.7. The molecular formula is C16H14BrF2N. The van der Waals surface area contributed by atoms with Crippen LogP contribution < -0.4 is 5.73 Å². The van der Waals surface area contributed by atoms with Crippen molar-refractivity contribution in [3.63, 3.8) is 0 Å². The summed E-state index contributed by atoms with van der Waals surface area (Å²) in [6.45, 7) is 0. The number of benzene rings is 2. The average Bonchev–Trinajstić information content (AvgIpc) is 2.42. The summed E-state index contributed by atoms with van der Waals surface area (Å²) >= 11 is 3.10. The Bertz CT molecular complexity index is 657. The van der Waals surface area contributed by atoms with Gasteiger partial charge in [-0.05, 0) is 57.4 Å². The number of hydrogen-bond donors (Lipinski definition) is 1. The van der Waals surface area contributed by atoms with E-state index < -0.39 is 11.6 Å². The zero-order valence-electron chi connectivity index (χ0n) is 10.7. The summed E-state index contributed by atoms with van der Waals surface area (Å²) in [4.78, 5) is 0. The summed E-state index contributed by atoms with van der Waals surface area (Å²) in [6, 6.07) is 10.6. The molecule has 0 aromatic heterocycles. The molecule has 0 fully saturated rings. The second kappa shape index (κ2) is 5.26. The van der Waals surface area contributed by atoms with Crippen molar-refractivity contribution in [3.05, 3.63) is 69.2 Å². The van der Waals surface area contributed by atoms with Crippen molar-refractivity contribution >= 4 is 15.9 Å². The molecule has 0 bridgehead atoms. The smallest absolute Gasteiger partial charge is 0.173 e. The quantitative estimate of drug-likeness (QED) is 0.822. The minimum Gasteiger partial charge on any atom is -0.324 e. The van der Waals surface area contributed by atoms with E-state index in [0.717, 1.165) is 18.9 Å². The van der Waals surface area contributed by atoms with Gasteiger partial charge in [0.25, 0.3) is 0 Å². The van der Waals surface area contributed by atoms with E-state index in [4.69, 9.17) is 5.73 Å². The molecule has 0 saturated carbocycles. The molecule has 2 aromatic rings. The SMILES string of the molecule is NC(CC1Cc2ccccc21)c1ccc(F)c(F)c1Br. The lowest BCUT2D eigenvalue weighted by Gasteiger charge is -2.32. The number of hydrogen-bond acceptors (Lipinski definition) is 1. The van der Waals surface area contributed by atoms with Crippen LogP contribution in [0.5, 0.6) is 0 Å². The number of nitrogens with two attached hydrogens (primary N) is 1. The highest BCUT2D eigenvalue weighted by atomic mass is 79.9. The van der Waals surface area contributed by atoms with Crippen molar-refractivity contribution in [1.29, 1.82) is 0 Å². The van der Waals surface area contributed by atoms with Crippen LogP contribution >= 0.6 is 15.9 Å². The molecule has 2 unspecified atom stereocenters. The molecule has 1 aliphatic carbocycles. The molecule has 2 atom stereocenters. The molecule has 104 valence electrons. The van der Waals surface area contributed by atoms with Gasteiger partial charge in [0.1, 0.15) is 0 Å². The minimum atomic E-state index is -0.869. The Morgan fingerprint density at radius 2 is 1.95 bits per heavy atom. The molecule has 0 aliphatic heterocycles. The Labute approximate surface area is 124 Å². The predicted molar refractivity (Wildman–Crippen MR) is 78.5 cm³/mol. The lowest BCUT2D eigenvalue weighted by atomic mass is 9.74. The van der Waals surface area contributed by atoms with Crippen molar-refractivity contribution in [2.75, 3.05) is 0 Å². The van der Waals surface area contributed by atoms with Gasteiger partial charge in [0.15, 0.2) is 11.6 Å². The van der Waals surface area contributed by atoms with Crippen LogP contribution in [0.2, 0.25) is 0 Å². The van der Waals surface area contributed by atoms with Gasteiger partial charge in [-0.3, -0.25) is 0 Å². The lowest BCUT2D eigenvalue weighted by molar-refractivity contribution is 0.480. The van der Waals surface area contributed by atoms with Crippen molar-refractivity contribution in [2.24, 2.45) is 5.73 Å². The first-order valence-electron chi connectivity index (χ1n) is 6.54. The zero-order valence-corrected chi connectivity index (χ0v) is 12.3. The highest BCUT2D eigenvalue weighted by Crippen LogP contribution is 2.41. The fraction of sp³-hybridized carbons (Fsp3) is 0.250. The Morgan fingerprint density at radius 3 is 2.70 bits per heavy atom. The fourth-order valence-electron chi connectivity index (χ4n) is 2.83. The highest BCUT2D eigenvalue weighted by Gasteiger charge is 2.28. The van der Waals surface area contributed by atoms with E-state index in [1.54, 1.807) is 6.07 Å². The van der Waals surface area contributed by atoms with Gasteiger partial charge in [-0.25, -0.2) is 8.78 Å². The van der Waals surface area contributed by atoms with Gasteiger partial charge < -0.3 is 5.73 Å². The molecule has 4 heteroatoms. The zero-order chi connectivity index (χ0) is 14.3. The molecule has 1 aliphatic rings. The molecule has 2 N–H and O–H groups in total. The second-order valence-corrected chi connectivity index (χ2v) is 6.00. The lowest BCUT2D eigenvalue weighted by Crippen LogP contribution is -2.23. The Balaban J connectivity index is 1.79. The molecule has 0 radical (unpaired) electrons. The van der Waals surface area contributed by atoms with Crippen molar-refractivity contribution < 1.29 is 8.78 Å². The van der Waals surface area contributed by atoms with Crippen LogP contribution in [0.4, 0.5) is 8.78 Å². The maximum absolute atomic E-state index is 13.5. The summed E-state index contributed by atoms with van der Waals surface area (Å²) in [5, 5.41) is 0. The van der Waals surface area contributed by atoms with E-state index in [0.29, 0.717) is 11.5 Å². The van der Waals surface area contributed by atoms with E-state index in [2.05, 4.69) is 28.1 Å². The molecule has 2 aromatic carbocycles. The maximum Gasteiger partial charge on any atom is 0.173 e. The van der Waals surface area contributed by atoms with E-state index in [-0.39, 0.29) is 10.5 Å². The predicted octanol–water partition coefficient (Wildman–Crippen LogP) is 4.46. The van der Waals surface area contributed by atoms with Crippen molar-refractivity contribution in [1.82, 2.24) is 0 Å². The Kier molecular flexibility index (Phi) is 3.61. The van der Waals surface area contributed by atoms with Crippen LogP contribution in [0.1, 0.15) is 35.1 Å². The monoisotopic (exact) mass is 337 g/mol. The minimum absolute atomic E-state index is 0.137. The third kappa shape index (κ3) is 2.27. The van der Waals surface area contributed by atoms with Crippen LogP contribution in [-0.4, -0.2) is 0 Å². The maximum atomic E-state index is 13.5. The standard InChI is InChI=1S/C16H14BrF2N/c17-15-12(5-6-13(18)16(15)19)14(20)8-10-7-9-3-1-2-4-11(9)10/h1-6,10,14H,7-8,20H2. The molecule has 20 heavy (non-hydrogen) atoms. The third-order valence-electron chi connectivity index (χ3n) is 3.96. The fourth-order valence-corrected chi connectivity index (χ4v) is 3.45. The van der Waals surface area contributed by atoms with E-state index in [1.165, 1.54) is 11.1 Å². The molecule has 0 saturated heterocycles. The van der Waals surface area contributed by atoms with Crippen LogP contribution in [0.25, 0.3) is 0 Å². The summed E-state index contributed by atoms with van der Waals surface area (Å²) < 4.78 is 26.8. The normalized spacial score (nSPS) is 18.3. The molecular weight excluding hydrogens is 324 g/mol. The highest BCUT2D eigenvalue weighted by molar-refractivity contribution is 9.10. The van der Waals surface area contributed by atoms with Gasteiger partial charge in [0, 0.05) is 6.04 Å². The summed E-state index contributed by atoms with van der Waals surface area (Å²) in [5.41, 5.74) is 9.46. The number of rotatable bonds is 3. The van der Waals surface area contributed by atoms with Crippen molar-refractivity contribution in [2.45, 2.75) is 24.8 Å².